The zero-order valence-corrected chi connectivity index (χ0v) is 11.2. The average Bonchev–Trinajstić information content (AvgIpc) is 2.59. The Kier molecular flexibility index (Phi) is 3.33. The Morgan fingerprint density at radius 1 is 1.61 bits per heavy atom. The van der Waals surface area contributed by atoms with E-state index in [1.54, 1.807) is 18.3 Å². The van der Waals surface area contributed by atoms with Crippen LogP contribution >= 0.6 is 0 Å². The van der Waals surface area contributed by atoms with Gasteiger partial charge in [0.2, 0.25) is 0 Å². The van der Waals surface area contributed by atoms with Gasteiger partial charge in [0.15, 0.2) is 9.84 Å². The molecule has 5 nitrogen and oxygen atoms in total. The second-order valence-electron chi connectivity index (χ2n) is 5.08. The number of aliphatic hydroxyl groups is 1. The normalized spacial score (nSPS) is 28.4. The summed E-state index contributed by atoms with van der Waals surface area (Å²) in [4.78, 5) is 3.88. The van der Waals surface area contributed by atoms with Gasteiger partial charge in [-0.05, 0) is 37.0 Å². The van der Waals surface area contributed by atoms with E-state index in [9.17, 15) is 13.5 Å². The summed E-state index contributed by atoms with van der Waals surface area (Å²) in [5, 5.41) is 9.91. The second-order valence-corrected chi connectivity index (χ2v) is 7.31. The van der Waals surface area contributed by atoms with Crippen molar-refractivity contribution in [1.29, 1.82) is 0 Å². The predicted molar refractivity (Wildman–Crippen MR) is 69.8 cm³/mol. The van der Waals surface area contributed by atoms with E-state index in [0.717, 1.165) is 12.0 Å². The van der Waals surface area contributed by atoms with E-state index in [1.165, 1.54) is 6.26 Å². The van der Waals surface area contributed by atoms with Crippen LogP contribution < -0.4 is 5.73 Å². The maximum absolute atomic E-state index is 11.7. The number of nitrogens with zero attached hydrogens (tertiary/aromatic N) is 1. The maximum atomic E-state index is 11.7. The van der Waals surface area contributed by atoms with E-state index < -0.39 is 20.7 Å². The summed E-state index contributed by atoms with van der Waals surface area (Å²) in [6.07, 6.45) is 4.82. The number of rotatable bonds is 3. The summed E-state index contributed by atoms with van der Waals surface area (Å²) >= 11 is 0. The minimum Gasteiger partial charge on any atom is -0.388 e. The molecule has 2 atom stereocenters. The van der Waals surface area contributed by atoms with Gasteiger partial charge in [-0.2, -0.15) is 0 Å². The van der Waals surface area contributed by atoms with Crippen molar-refractivity contribution in [2.75, 3.05) is 12.0 Å². The molecule has 0 aliphatic heterocycles. The highest BCUT2D eigenvalue weighted by Gasteiger charge is 2.46. The van der Waals surface area contributed by atoms with Crippen molar-refractivity contribution in [2.24, 2.45) is 0 Å². The van der Waals surface area contributed by atoms with Gasteiger partial charge in [-0.15, -0.1) is 0 Å². The zero-order chi connectivity index (χ0) is 13.4. The lowest BCUT2D eigenvalue weighted by molar-refractivity contribution is 0.0513. The standard InChI is InChI=1S/C12H18N2O3S/c1-18(16,17)10-3-2-5-12(10,15)8-9-4-6-14-11(13)7-9/h4,6-7,10,15H,2-3,5,8H2,1H3,(H2,13,14). The quantitative estimate of drug-likeness (QED) is 0.836. The van der Waals surface area contributed by atoms with Gasteiger partial charge in [0, 0.05) is 18.9 Å². The molecular formula is C12H18N2O3S. The fourth-order valence-electron chi connectivity index (χ4n) is 2.80. The van der Waals surface area contributed by atoms with Crippen LogP contribution in [0.3, 0.4) is 0 Å². The molecule has 100 valence electrons. The highest BCUT2D eigenvalue weighted by molar-refractivity contribution is 7.91. The van der Waals surface area contributed by atoms with E-state index >= 15 is 0 Å². The van der Waals surface area contributed by atoms with Gasteiger partial charge in [-0.1, -0.05) is 0 Å². The van der Waals surface area contributed by atoms with Crippen molar-refractivity contribution in [2.45, 2.75) is 36.5 Å². The van der Waals surface area contributed by atoms with Crippen molar-refractivity contribution in [3.05, 3.63) is 23.9 Å². The van der Waals surface area contributed by atoms with E-state index in [-0.39, 0.29) is 0 Å². The number of hydrogen-bond acceptors (Lipinski definition) is 5. The fourth-order valence-corrected chi connectivity index (χ4v) is 4.39. The molecule has 0 aromatic carbocycles. The molecule has 18 heavy (non-hydrogen) atoms. The monoisotopic (exact) mass is 270 g/mol. The smallest absolute Gasteiger partial charge is 0.153 e. The van der Waals surface area contributed by atoms with E-state index in [4.69, 9.17) is 5.73 Å². The summed E-state index contributed by atoms with van der Waals surface area (Å²) < 4.78 is 23.4. The third kappa shape index (κ3) is 2.64. The van der Waals surface area contributed by atoms with Crippen molar-refractivity contribution in [3.63, 3.8) is 0 Å². The minimum atomic E-state index is -3.24. The van der Waals surface area contributed by atoms with Crippen molar-refractivity contribution < 1.29 is 13.5 Å². The number of nitrogens with two attached hydrogens (primary N) is 1. The van der Waals surface area contributed by atoms with Gasteiger partial charge >= 0.3 is 0 Å². The van der Waals surface area contributed by atoms with Crippen molar-refractivity contribution in [1.82, 2.24) is 4.98 Å². The number of nitrogen functional groups attached to an aromatic ring is 1. The number of anilines is 1. The van der Waals surface area contributed by atoms with Crippen LogP contribution in [-0.2, 0) is 16.3 Å². The molecule has 0 spiro atoms. The van der Waals surface area contributed by atoms with Crippen LogP contribution in [0.25, 0.3) is 0 Å². The van der Waals surface area contributed by atoms with Gasteiger partial charge in [0.1, 0.15) is 5.82 Å². The first-order valence-electron chi connectivity index (χ1n) is 5.93. The van der Waals surface area contributed by atoms with Gasteiger partial charge in [-0.3, -0.25) is 0 Å². The topological polar surface area (TPSA) is 93.3 Å². The summed E-state index contributed by atoms with van der Waals surface area (Å²) in [6, 6.07) is 3.43. The molecule has 0 radical (unpaired) electrons. The Balaban J connectivity index is 2.26. The number of hydrogen-bond donors (Lipinski definition) is 2. The summed E-state index contributed by atoms with van der Waals surface area (Å²) in [7, 11) is -3.24. The van der Waals surface area contributed by atoms with E-state index in [0.29, 0.717) is 25.1 Å². The zero-order valence-electron chi connectivity index (χ0n) is 10.3. The Hall–Kier alpha value is -1.14. The molecule has 0 saturated heterocycles. The molecule has 1 aromatic heterocycles. The molecule has 1 aromatic rings. The third-order valence-corrected chi connectivity index (χ3v) is 5.26. The van der Waals surface area contributed by atoms with Gasteiger partial charge in [0.05, 0.1) is 10.9 Å². The molecule has 0 bridgehead atoms. The molecule has 6 heteroatoms. The molecule has 2 unspecified atom stereocenters. The van der Waals surface area contributed by atoms with Gasteiger partial charge in [0.25, 0.3) is 0 Å². The molecule has 1 fully saturated rings. The van der Waals surface area contributed by atoms with Gasteiger partial charge in [-0.25, -0.2) is 13.4 Å². The summed E-state index contributed by atoms with van der Waals surface area (Å²) in [6.45, 7) is 0. The Bertz CT molecular complexity index is 544. The minimum absolute atomic E-state index is 0.303. The Morgan fingerprint density at radius 3 is 2.94 bits per heavy atom. The Morgan fingerprint density at radius 2 is 2.33 bits per heavy atom. The fraction of sp³-hybridized carbons (Fsp3) is 0.583. The number of sulfone groups is 1. The maximum Gasteiger partial charge on any atom is 0.153 e. The summed E-state index contributed by atoms with van der Waals surface area (Å²) in [5.74, 6) is 0.380. The molecular weight excluding hydrogens is 252 g/mol. The van der Waals surface area contributed by atoms with Crippen molar-refractivity contribution in [3.8, 4) is 0 Å². The van der Waals surface area contributed by atoms with Crippen molar-refractivity contribution >= 4 is 15.7 Å². The second kappa shape index (κ2) is 4.51. The van der Waals surface area contributed by atoms with Crippen LogP contribution in [0.15, 0.2) is 18.3 Å². The first kappa shape index (κ1) is 13.3. The van der Waals surface area contributed by atoms with Crippen LogP contribution in [0, 0.1) is 0 Å². The average molecular weight is 270 g/mol. The lowest BCUT2D eigenvalue weighted by atomic mass is 9.93. The lowest BCUT2D eigenvalue weighted by Gasteiger charge is -2.29. The molecule has 0 amide bonds. The number of pyridine rings is 1. The van der Waals surface area contributed by atoms with Crippen LogP contribution in [0.2, 0.25) is 0 Å². The molecule has 1 saturated carbocycles. The van der Waals surface area contributed by atoms with E-state index in [1.807, 2.05) is 0 Å². The lowest BCUT2D eigenvalue weighted by Crippen LogP contribution is -2.44. The van der Waals surface area contributed by atoms with Crippen LogP contribution in [0.5, 0.6) is 0 Å². The molecule has 2 rings (SSSR count). The van der Waals surface area contributed by atoms with E-state index in [2.05, 4.69) is 4.98 Å². The Labute approximate surface area is 107 Å². The van der Waals surface area contributed by atoms with Crippen LogP contribution in [0.1, 0.15) is 24.8 Å². The first-order chi connectivity index (χ1) is 8.31. The van der Waals surface area contributed by atoms with Crippen LogP contribution in [0.4, 0.5) is 5.82 Å². The van der Waals surface area contributed by atoms with Gasteiger partial charge < -0.3 is 10.8 Å². The summed E-state index contributed by atoms with van der Waals surface area (Å²) in [5.41, 5.74) is 5.23. The largest absolute Gasteiger partial charge is 0.388 e. The molecule has 1 aliphatic rings. The first-order valence-corrected chi connectivity index (χ1v) is 7.88. The number of aromatic nitrogens is 1. The highest BCUT2D eigenvalue weighted by Crippen LogP contribution is 2.37. The molecule has 1 heterocycles. The SMILES string of the molecule is CS(=O)(=O)C1CCCC1(O)Cc1ccnc(N)c1. The molecule has 1 aliphatic carbocycles. The predicted octanol–water partition coefficient (Wildman–Crippen LogP) is 0.535. The molecule has 3 N–H and O–H groups in total. The third-order valence-electron chi connectivity index (χ3n) is 3.55. The van der Waals surface area contributed by atoms with Crippen LogP contribution in [-0.4, -0.2) is 35.6 Å². The highest BCUT2D eigenvalue weighted by atomic mass is 32.2.